The molecule has 15 aromatic rings. The lowest BCUT2D eigenvalue weighted by molar-refractivity contribution is 0.661. The minimum atomic E-state index is 0.979. The number of unbranched alkanes of at least 4 members (excludes halogenated alkanes) is 6. The molecule has 0 aliphatic carbocycles. The molecular formula is C115H125N5. The highest BCUT2D eigenvalue weighted by Gasteiger charge is 2.10. The first-order valence-corrected chi connectivity index (χ1v) is 44.7. The van der Waals surface area contributed by atoms with Crippen molar-refractivity contribution in [1.82, 2.24) is 24.9 Å². The van der Waals surface area contributed by atoms with Crippen molar-refractivity contribution in [2.75, 3.05) is 0 Å². The van der Waals surface area contributed by atoms with Crippen molar-refractivity contribution in [3.63, 3.8) is 0 Å². The Kier molecular flexibility index (Phi) is 35.6. The highest BCUT2D eigenvalue weighted by Crippen LogP contribution is 2.32. The Morgan fingerprint density at radius 1 is 0.133 bits per heavy atom. The number of hydrogen-bond acceptors (Lipinski definition) is 5. The van der Waals surface area contributed by atoms with Crippen LogP contribution in [0, 0.1) is 0 Å². The lowest BCUT2D eigenvalue weighted by Crippen LogP contribution is -1.91. The number of nitrogens with zero attached hydrogens (tertiary/aromatic N) is 5. The first-order chi connectivity index (χ1) is 59.0. The Hall–Kier alpha value is -12.1. The van der Waals surface area contributed by atoms with Gasteiger partial charge in [0.1, 0.15) is 0 Å². The van der Waals surface area contributed by atoms with Gasteiger partial charge in [0.2, 0.25) is 0 Å². The summed E-state index contributed by atoms with van der Waals surface area (Å²) in [4.78, 5) is 22.9. The van der Waals surface area contributed by atoms with Crippen molar-refractivity contribution in [3.8, 4) is 111 Å². The summed E-state index contributed by atoms with van der Waals surface area (Å²) in [6.07, 6.45) is 33.1. The van der Waals surface area contributed by atoms with Crippen molar-refractivity contribution in [3.05, 3.63) is 391 Å². The van der Waals surface area contributed by atoms with Gasteiger partial charge in [-0.3, -0.25) is 24.9 Å². The summed E-state index contributed by atoms with van der Waals surface area (Å²) in [5.74, 6) is 0. The van der Waals surface area contributed by atoms with Crippen molar-refractivity contribution in [1.29, 1.82) is 0 Å². The summed E-state index contributed by atoms with van der Waals surface area (Å²) in [5, 5.41) is 0. The number of hydrogen-bond donors (Lipinski definition) is 0. The molecule has 0 radical (unpaired) electrons. The summed E-state index contributed by atoms with van der Waals surface area (Å²) < 4.78 is 0. The maximum Gasteiger partial charge on any atom is 0.0404 e. The fourth-order valence-corrected chi connectivity index (χ4v) is 14.6. The molecule has 0 spiro atoms. The van der Waals surface area contributed by atoms with Crippen LogP contribution < -0.4 is 0 Å². The fraction of sp³-hybridized carbons (Fsp3) is 0.261. The SMILES string of the molecule is CCCCCCc1ccc(-c2ccc(-c3ccc(CC)cc3)cc2)cn1.CCCCCc1ccc(-c2ccc(-c3ccc(CC)cc3)cc2)cn1.CCCCc1ccc(-c2ccc(-c3ccc(CC)cc3)cc2)cn1.CCCc1ccc(-c2ccc(-c3ccc(CC)cc3)cc2)cn1.CCc1ccc(-c2ccc(-c3ccc(CC)nc3)cc2)cc1. The highest BCUT2D eigenvalue weighted by molar-refractivity contribution is 5.75. The van der Waals surface area contributed by atoms with E-state index in [0.29, 0.717) is 0 Å². The van der Waals surface area contributed by atoms with Crippen LogP contribution in [0.1, 0.15) is 190 Å². The Balaban J connectivity index is 0.000000147. The maximum absolute atomic E-state index is 4.65. The molecule has 0 saturated heterocycles. The zero-order valence-electron chi connectivity index (χ0n) is 73.1. The molecule has 0 fully saturated rings. The summed E-state index contributed by atoms with van der Waals surface area (Å²) in [7, 11) is 0. The summed E-state index contributed by atoms with van der Waals surface area (Å²) in [6, 6.07) is 110. The molecule has 0 amide bonds. The normalized spacial score (nSPS) is 10.8. The van der Waals surface area contributed by atoms with Crippen LogP contribution in [-0.4, -0.2) is 24.9 Å². The van der Waals surface area contributed by atoms with E-state index in [1.54, 1.807) is 0 Å². The van der Waals surface area contributed by atoms with Gasteiger partial charge in [-0.05, 0) is 225 Å². The van der Waals surface area contributed by atoms with Crippen molar-refractivity contribution in [2.45, 2.75) is 198 Å². The average Bonchev–Trinajstić information content (AvgIpc) is 0.836. The van der Waals surface area contributed by atoms with Crippen LogP contribution in [0.3, 0.4) is 0 Å². The van der Waals surface area contributed by atoms with E-state index in [1.165, 1.54) is 220 Å². The van der Waals surface area contributed by atoms with Crippen molar-refractivity contribution < 1.29 is 0 Å². The van der Waals surface area contributed by atoms with E-state index in [0.717, 1.165) is 76.3 Å². The molecule has 0 bridgehead atoms. The van der Waals surface area contributed by atoms with E-state index in [9.17, 15) is 0 Å². The van der Waals surface area contributed by atoms with Gasteiger partial charge in [0.05, 0.1) is 0 Å². The smallest absolute Gasteiger partial charge is 0.0404 e. The topological polar surface area (TPSA) is 64.5 Å². The van der Waals surface area contributed by atoms with E-state index < -0.39 is 0 Å². The van der Waals surface area contributed by atoms with E-state index in [4.69, 9.17) is 0 Å². The summed E-state index contributed by atoms with van der Waals surface area (Å²) >= 11 is 0. The summed E-state index contributed by atoms with van der Waals surface area (Å²) in [5.41, 5.74) is 37.4. The Morgan fingerprint density at radius 3 is 0.483 bits per heavy atom. The monoisotopic (exact) mass is 1580 g/mol. The largest absolute Gasteiger partial charge is 0.261 e. The predicted molar refractivity (Wildman–Crippen MR) is 515 cm³/mol. The van der Waals surface area contributed by atoms with Crippen LogP contribution >= 0.6 is 0 Å². The molecule has 5 heteroatoms. The van der Waals surface area contributed by atoms with Crippen LogP contribution in [0.2, 0.25) is 0 Å². The van der Waals surface area contributed by atoms with Crippen LogP contribution in [0.15, 0.2) is 334 Å². The highest BCUT2D eigenvalue weighted by atomic mass is 14.7. The van der Waals surface area contributed by atoms with E-state index in [-0.39, 0.29) is 0 Å². The van der Waals surface area contributed by atoms with Gasteiger partial charge in [-0.2, -0.15) is 0 Å². The van der Waals surface area contributed by atoms with Crippen LogP contribution in [-0.2, 0) is 64.2 Å². The van der Waals surface area contributed by atoms with E-state index in [1.807, 2.05) is 31.0 Å². The molecule has 0 aliphatic heterocycles. The third-order valence-corrected chi connectivity index (χ3v) is 22.7. The third-order valence-electron chi connectivity index (χ3n) is 22.7. The second-order valence-corrected chi connectivity index (χ2v) is 31.3. The minimum Gasteiger partial charge on any atom is -0.261 e. The molecule has 5 nitrogen and oxygen atoms in total. The lowest BCUT2D eigenvalue weighted by atomic mass is 9.99. The zero-order valence-corrected chi connectivity index (χ0v) is 73.1. The molecule has 610 valence electrons. The van der Waals surface area contributed by atoms with Gasteiger partial charge in [-0.25, -0.2) is 0 Å². The number of aryl methyl sites for hydroxylation is 10. The Labute approximate surface area is 719 Å². The van der Waals surface area contributed by atoms with Crippen LogP contribution in [0.4, 0.5) is 0 Å². The average molecular weight is 1580 g/mol. The number of benzene rings is 10. The zero-order chi connectivity index (χ0) is 83.9. The molecule has 120 heavy (non-hydrogen) atoms. The standard InChI is InChI=1S/C25H29N.C24H27N.C23H25N.C22H23N.C21H21N/c1-3-5-6-7-8-25-18-17-24(19-26-25)23-15-13-22(14-16-23)21-11-9-20(4-2)10-12-21;1-3-5-6-7-24-17-16-23(18-25-24)22-14-12-21(13-15-22)20-10-8-19(4-2)9-11-20;1-3-5-6-23-16-15-22(17-24-23)21-13-11-20(12-14-21)19-9-7-18(4-2)8-10-19;1-3-5-22-15-14-21(16-23-22)20-12-10-19(11-13-20)18-8-6-17(4-2)7-9-18;1-3-16-5-7-17(8-6-16)18-9-11-19(12-10-18)20-13-14-21(4-2)22-15-20/h9-19H,3-8H2,1-2H3;8-18H,3-7H2,1-2H3;7-17H,3-6H2,1-2H3;6-16H,3-5H2,1-2H3;5-15H,3-4H2,1-2H3. The van der Waals surface area contributed by atoms with Gasteiger partial charge in [0.25, 0.3) is 0 Å². The van der Waals surface area contributed by atoms with E-state index >= 15 is 0 Å². The molecule has 10 aromatic carbocycles. The first-order valence-electron chi connectivity index (χ1n) is 44.7. The molecule has 0 atom stereocenters. The molecule has 0 saturated carbocycles. The Morgan fingerprint density at radius 2 is 0.300 bits per heavy atom. The lowest BCUT2D eigenvalue weighted by Gasteiger charge is -2.07. The maximum atomic E-state index is 4.65. The molecule has 5 heterocycles. The van der Waals surface area contributed by atoms with Gasteiger partial charge in [-0.15, -0.1) is 0 Å². The second kappa shape index (κ2) is 48.1. The third kappa shape index (κ3) is 27.0. The van der Waals surface area contributed by atoms with Gasteiger partial charge in [-0.1, -0.05) is 387 Å². The number of pyridine rings is 5. The van der Waals surface area contributed by atoms with Gasteiger partial charge in [0.15, 0.2) is 0 Å². The van der Waals surface area contributed by atoms with E-state index in [2.05, 4.69) is 397 Å². The van der Waals surface area contributed by atoms with Crippen LogP contribution in [0.25, 0.3) is 111 Å². The Bertz CT molecular complexity index is 5300. The van der Waals surface area contributed by atoms with Gasteiger partial charge < -0.3 is 0 Å². The molecule has 0 unspecified atom stereocenters. The van der Waals surface area contributed by atoms with Crippen LogP contribution in [0.5, 0.6) is 0 Å². The predicted octanol–water partition coefficient (Wildman–Crippen LogP) is 31.6. The molecule has 0 N–H and O–H groups in total. The molecule has 5 aromatic heterocycles. The second-order valence-electron chi connectivity index (χ2n) is 31.3. The quantitative estimate of drug-likeness (QED) is 0.0420. The fourth-order valence-electron chi connectivity index (χ4n) is 14.6. The first kappa shape index (κ1) is 88.8. The molecule has 15 rings (SSSR count). The minimum absolute atomic E-state index is 0.979. The van der Waals surface area contributed by atoms with Crippen molar-refractivity contribution in [2.24, 2.45) is 0 Å². The van der Waals surface area contributed by atoms with Gasteiger partial charge in [0, 0.05) is 87.3 Å². The van der Waals surface area contributed by atoms with Gasteiger partial charge >= 0.3 is 0 Å². The molecular weight excluding hydrogens is 1450 g/mol. The number of aromatic nitrogens is 5. The van der Waals surface area contributed by atoms with Crippen molar-refractivity contribution >= 4 is 0 Å². The number of rotatable bonds is 30. The summed E-state index contributed by atoms with van der Waals surface area (Å²) in [6.45, 7) is 21.9. The molecule has 0 aliphatic rings.